The maximum absolute atomic E-state index is 13.6. The molecule has 1 radical (unpaired) electrons. The van der Waals surface area contributed by atoms with Crippen LogP contribution in [0.15, 0.2) is 43.0 Å². The van der Waals surface area contributed by atoms with Crippen molar-refractivity contribution in [3.8, 4) is 11.8 Å². The van der Waals surface area contributed by atoms with Crippen molar-refractivity contribution in [2.45, 2.75) is 37.8 Å². The summed E-state index contributed by atoms with van der Waals surface area (Å²) in [5.41, 5.74) is 1.14. The number of carbonyl (C=O) groups excluding carboxylic acids is 2. The van der Waals surface area contributed by atoms with Gasteiger partial charge in [0.1, 0.15) is 35.4 Å². The molecule has 1 aliphatic heterocycles. The fourth-order valence-corrected chi connectivity index (χ4v) is 4.19. The first-order chi connectivity index (χ1) is 17.9. The van der Waals surface area contributed by atoms with Crippen molar-refractivity contribution in [3.63, 3.8) is 0 Å². The SMILES string of the molecule is O=C[B]N1CCC(c2ccc(Cc3ncc(C(F)(F)F)c(C#Cc4ncncc4CC=O)n3)cc2)CC1. The van der Waals surface area contributed by atoms with Crippen LogP contribution in [0.25, 0.3) is 0 Å². The molecule has 1 aliphatic rings. The number of hydrogen-bond acceptors (Lipinski definition) is 7. The van der Waals surface area contributed by atoms with E-state index in [0.717, 1.165) is 43.9 Å². The predicted molar refractivity (Wildman–Crippen MR) is 130 cm³/mol. The van der Waals surface area contributed by atoms with Crippen molar-refractivity contribution in [2.24, 2.45) is 0 Å². The second kappa shape index (κ2) is 11.9. The van der Waals surface area contributed by atoms with Gasteiger partial charge >= 0.3 is 6.18 Å². The van der Waals surface area contributed by atoms with Gasteiger partial charge in [-0.2, -0.15) is 13.2 Å². The topological polar surface area (TPSA) is 88.9 Å². The van der Waals surface area contributed by atoms with Crippen molar-refractivity contribution in [1.29, 1.82) is 0 Å². The molecule has 4 rings (SSSR count). The van der Waals surface area contributed by atoms with Crippen LogP contribution in [-0.4, -0.2) is 57.7 Å². The van der Waals surface area contributed by atoms with Gasteiger partial charge in [-0.15, -0.1) is 0 Å². The van der Waals surface area contributed by atoms with Gasteiger partial charge in [-0.25, -0.2) is 19.9 Å². The first-order valence-electron chi connectivity index (χ1n) is 11.7. The minimum absolute atomic E-state index is 0.00168. The van der Waals surface area contributed by atoms with Crippen molar-refractivity contribution in [1.82, 2.24) is 24.7 Å². The zero-order valence-corrected chi connectivity index (χ0v) is 19.8. The summed E-state index contributed by atoms with van der Waals surface area (Å²) < 4.78 is 40.7. The first-order valence-corrected chi connectivity index (χ1v) is 11.7. The number of hydrogen-bond donors (Lipinski definition) is 0. The standard InChI is InChI=1S/C26H22BF3N5O2/c28-26(29,30)22-15-32-25(34-24(22)6-5-23-21(9-12-36)14-31-17-33-23)13-18-1-3-19(4-2-18)20-7-10-35(11-8-20)27-16-37/h1-4,12,14-17,20H,7-11,13H2. The van der Waals surface area contributed by atoms with Gasteiger partial charge in [-0.3, -0.25) is 0 Å². The molecule has 1 fully saturated rings. The molecule has 0 unspecified atom stereocenters. The lowest BCUT2D eigenvalue weighted by Gasteiger charge is -2.30. The summed E-state index contributed by atoms with van der Waals surface area (Å²) in [5.74, 6) is 5.66. The Kier molecular flexibility index (Phi) is 8.41. The molecule has 0 bridgehead atoms. The number of rotatable bonds is 7. The molecule has 7 nitrogen and oxygen atoms in total. The highest BCUT2D eigenvalue weighted by Gasteiger charge is 2.34. The van der Waals surface area contributed by atoms with Crippen LogP contribution in [0.4, 0.5) is 13.2 Å². The molecule has 1 saturated heterocycles. The Hall–Kier alpha value is -3.91. The van der Waals surface area contributed by atoms with Crippen LogP contribution in [0.2, 0.25) is 0 Å². The van der Waals surface area contributed by atoms with E-state index in [-0.39, 0.29) is 24.4 Å². The van der Waals surface area contributed by atoms with Crippen molar-refractivity contribution < 1.29 is 22.8 Å². The molecule has 11 heteroatoms. The molecule has 3 heterocycles. The van der Waals surface area contributed by atoms with E-state index >= 15 is 0 Å². The number of nitrogens with zero attached hydrogens (tertiary/aromatic N) is 5. The Morgan fingerprint density at radius 1 is 1.03 bits per heavy atom. The summed E-state index contributed by atoms with van der Waals surface area (Å²) in [5, 5.41) is 0. The molecule has 37 heavy (non-hydrogen) atoms. The van der Waals surface area contributed by atoms with Crippen molar-refractivity contribution in [3.05, 3.63) is 82.5 Å². The second-order valence-corrected chi connectivity index (χ2v) is 8.58. The average molecular weight is 504 g/mol. The van der Waals surface area contributed by atoms with E-state index in [1.807, 2.05) is 29.1 Å². The third kappa shape index (κ3) is 6.86. The zero-order chi connectivity index (χ0) is 26.3. The van der Waals surface area contributed by atoms with Gasteiger partial charge < -0.3 is 14.4 Å². The molecular weight excluding hydrogens is 482 g/mol. The number of aldehydes is 1. The number of halogens is 3. The first kappa shape index (κ1) is 26.2. The highest BCUT2D eigenvalue weighted by molar-refractivity contribution is 6.64. The minimum atomic E-state index is -4.68. The van der Waals surface area contributed by atoms with Gasteiger partial charge in [-0.1, -0.05) is 24.3 Å². The Labute approximate surface area is 212 Å². The molecule has 0 aliphatic carbocycles. The molecular formula is C26H22BF3N5O2. The van der Waals surface area contributed by atoms with Crippen LogP contribution in [0.5, 0.6) is 0 Å². The van der Waals surface area contributed by atoms with Crippen LogP contribution in [0.3, 0.4) is 0 Å². The van der Waals surface area contributed by atoms with E-state index in [0.29, 0.717) is 17.8 Å². The van der Waals surface area contributed by atoms with Crippen LogP contribution in [0, 0.1) is 11.8 Å². The molecule has 0 saturated carbocycles. The zero-order valence-electron chi connectivity index (χ0n) is 19.8. The third-order valence-corrected chi connectivity index (χ3v) is 6.15. The average Bonchev–Trinajstić information content (AvgIpc) is 2.89. The molecule has 0 spiro atoms. The summed E-state index contributed by atoms with van der Waals surface area (Å²) in [6, 6.07) is 7.90. The smallest absolute Gasteiger partial charge is 0.340 e. The fraction of sp³-hybridized carbons (Fsp3) is 0.308. The Balaban J connectivity index is 1.53. The van der Waals surface area contributed by atoms with Crippen LogP contribution in [-0.2, 0) is 28.6 Å². The summed E-state index contributed by atoms with van der Waals surface area (Å²) in [6.07, 6.45) is 2.25. The van der Waals surface area contributed by atoms with Gasteiger partial charge in [0.2, 0.25) is 0 Å². The monoisotopic (exact) mass is 504 g/mol. The van der Waals surface area contributed by atoms with Gasteiger partial charge in [-0.05, 0) is 54.8 Å². The number of benzene rings is 1. The van der Waals surface area contributed by atoms with E-state index in [9.17, 15) is 22.8 Å². The number of aromatic nitrogens is 4. The number of piperidine rings is 1. The number of carbonyl (C=O) groups is 2. The summed E-state index contributed by atoms with van der Waals surface area (Å²) in [6.45, 7) is 1.64. The van der Waals surface area contributed by atoms with Gasteiger partial charge in [0.05, 0.1) is 6.19 Å². The third-order valence-electron chi connectivity index (χ3n) is 6.15. The molecule has 3 aromatic rings. The molecule has 0 N–H and O–H groups in total. The van der Waals surface area contributed by atoms with Gasteiger partial charge in [0, 0.05) is 30.8 Å². The Morgan fingerprint density at radius 3 is 2.43 bits per heavy atom. The predicted octanol–water partition coefficient (Wildman–Crippen LogP) is 3.01. The Morgan fingerprint density at radius 2 is 1.76 bits per heavy atom. The molecule has 0 amide bonds. The van der Waals surface area contributed by atoms with Crippen LogP contribution in [0.1, 0.15) is 58.2 Å². The van der Waals surface area contributed by atoms with Crippen LogP contribution >= 0.6 is 0 Å². The lowest BCUT2D eigenvalue weighted by molar-refractivity contribution is -0.138. The van der Waals surface area contributed by atoms with E-state index in [4.69, 9.17) is 0 Å². The van der Waals surface area contributed by atoms with E-state index in [1.54, 1.807) is 7.41 Å². The molecule has 0 atom stereocenters. The van der Waals surface area contributed by atoms with Gasteiger partial charge in [0.25, 0.3) is 7.41 Å². The van der Waals surface area contributed by atoms with Crippen molar-refractivity contribution >= 4 is 19.9 Å². The lowest BCUT2D eigenvalue weighted by Crippen LogP contribution is -2.36. The van der Waals surface area contributed by atoms with E-state index in [1.165, 1.54) is 18.1 Å². The summed E-state index contributed by atoms with van der Waals surface area (Å²) in [4.78, 5) is 39.4. The van der Waals surface area contributed by atoms with Gasteiger partial charge in [0.15, 0.2) is 0 Å². The number of alkyl halides is 3. The molecule has 187 valence electrons. The highest BCUT2D eigenvalue weighted by Crippen LogP contribution is 2.31. The molecule has 1 aromatic carbocycles. The maximum Gasteiger partial charge on any atom is 0.420 e. The Bertz CT molecular complexity index is 1310. The highest BCUT2D eigenvalue weighted by atomic mass is 19.4. The summed E-state index contributed by atoms with van der Waals surface area (Å²) in [7, 11) is 1.57. The van der Waals surface area contributed by atoms with E-state index < -0.39 is 17.4 Å². The maximum atomic E-state index is 13.6. The van der Waals surface area contributed by atoms with Crippen molar-refractivity contribution in [2.75, 3.05) is 13.1 Å². The fourth-order valence-electron chi connectivity index (χ4n) is 4.19. The quantitative estimate of drug-likeness (QED) is 0.278. The second-order valence-electron chi connectivity index (χ2n) is 8.58. The molecule has 2 aromatic heterocycles. The lowest BCUT2D eigenvalue weighted by atomic mass is 9.84. The minimum Gasteiger partial charge on any atom is -0.340 e. The van der Waals surface area contributed by atoms with Crippen LogP contribution < -0.4 is 0 Å². The normalized spacial score (nSPS) is 14.5. The largest absolute Gasteiger partial charge is 0.420 e. The summed E-state index contributed by atoms with van der Waals surface area (Å²) >= 11 is 0. The van der Waals surface area contributed by atoms with E-state index in [2.05, 4.69) is 31.8 Å².